The van der Waals surface area contributed by atoms with E-state index in [-0.39, 0.29) is 11.8 Å². The quantitative estimate of drug-likeness (QED) is 0.903. The molecule has 3 rings (SSSR count). The third kappa shape index (κ3) is 2.95. The van der Waals surface area contributed by atoms with Crippen LogP contribution in [-0.4, -0.2) is 17.4 Å². The molecule has 1 atom stereocenters. The number of nitrogens with one attached hydrogen (secondary N) is 2. The standard InChI is InChI=1S/C17H19N3O/c1-12-6-7-18-9-14(12)10-20-17(21)16-11-19-8-13-4-2-3-5-15(13)16/h2-7,9,16,19H,8,10-11H2,1H3,(H,20,21). The summed E-state index contributed by atoms with van der Waals surface area (Å²) in [6.07, 6.45) is 3.57. The van der Waals surface area contributed by atoms with Crippen molar-refractivity contribution in [3.63, 3.8) is 0 Å². The second-order valence-electron chi connectivity index (χ2n) is 5.40. The summed E-state index contributed by atoms with van der Waals surface area (Å²) < 4.78 is 0. The molecule has 2 aromatic rings. The van der Waals surface area contributed by atoms with Crippen molar-refractivity contribution in [2.75, 3.05) is 6.54 Å². The number of carbonyl (C=O) groups is 1. The normalized spacial score (nSPS) is 17.1. The number of amides is 1. The third-order valence-electron chi connectivity index (χ3n) is 4.01. The molecule has 0 saturated heterocycles. The number of hydrogen-bond acceptors (Lipinski definition) is 3. The van der Waals surface area contributed by atoms with Crippen LogP contribution in [0.2, 0.25) is 0 Å². The maximum atomic E-state index is 12.5. The highest BCUT2D eigenvalue weighted by Gasteiger charge is 2.25. The Morgan fingerprint density at radius 3 is 3.10 bits per heavy atom. The molecular formula is C17H19N3O. The summed E-state index contributed by atoms with van der Waals surface area (Å²) in [6, 6.07) is 10.1. The maximum Gasteiger partial charge on any atom is 0.229 e. The van der Waals surface area contributed by atoms with Gasteiger partial charge >= 0.3 is 0 Å². The van der Waals surface area contributed by atoms with Crippen molar-refractivity contribution in [2.24, 2.45) is 0 Å². The summed E-state index contributed by atoms with van der Waals surface area (Å²) in [7, 11) is 0. The number of rotatable bonds is 3. The van der Waals surface area contributed by atoms with Crippen LogP contribution in [0, 0.1) is 6.92 Å². The van der Waals surface area contributed by atoms with Crippen LogP contribution in [0.5, 0.6) is 0 Å². The number of hydrogen-bond donors (Lipinski definition) is 2. The van der Waals surface area contributed by atoms with E-state index in [9.17, 15) is 4.79 Å². The van der Waals surface area contributed by atoms with Gasteiger partial charge in [0.25, 0.3) is 0 Å². The lowest BCUT2D eigenvalue weighted by Gasteiger charge is -2.25. The molecule has 0 aliphatic carbocycles. The van der Waals surface area contributed by atoms with E-state index in [1.165, 1.54) is 5.56 Å². The minimum Gasteiger partial charge on any atom is -0.351 e. The van der Waals surface area contributed by atoms with Crippen molar-refractivity contribution in [1.29, 1.82) is 0 Å². The average Bonchev–Trinajstić information content (AvgIpc) is 2.53. The first-order chi connectivity index (χ1) is 10.3. The van der Waals surface area contributed by atoms with Crippen molar-refractivity contribution >= 4 is 5.91 Å². The molecular weight excluding hydrogens is 262 g/mol. The second kappa shape index (κ2) is 6.06. The number of carbonyl (C=O) groups excluding carboxylic acids is 1. The van der Waals surface area contributed by atoms with E-state index >= 15 is 0 Å². The van der Waals surface area contributed by atoms with Crippen molar-refractivity contribution < 1.29 is 4.79 Å². The molecule has 21 heavy (non-hydrogen) atoms. The topological polar surface area (TPSA) is 54.0 Å². The Kier molecular flexibility index (Phi) is 3.97. The van der Waals surface area contributed by atoms with E-state index in [1.807, 2.05) is 31.3 Å². The fourth-order valence-electron chi connectivity index (χ4n) is 2.72. The Morgan fingerprint density at radius 1 is 1.38 bits per heavy atom. The zero-order valence-corrected chi connectivity index (χ0v) is 12.1. The molecule has 1 aromatic carbocycles. The Morgan fingerprint density at radius 2 is 2.24 bits per heavy atom. The Balaban J connectivity index is 1.71. The van der Waals surface area contributed by atoms with Gasteiger partial charge in [0.1, 0.15) is 0 Å². The lowest BCUT2D eigenvalue weighted by Crippen LogP contribution is -2.38. The van der Waals surface area contributed by atoms with Crippen LogP contribution in [0.15, 0.2) is 42.7 Å². The summed E-state index contributed by atoms with van der Waals surface area (Å²) >= 11 is 0. The Bertz CT molecular complexity index is 654. The van der Waals surface area contributed by atoms with Crippen LogP contribution in [0.4, 0.5) is 0 Å². The lowest BCUT2D eigenvalue weighted by atomic mass is 9.90. The smallest absolute Gasteiger partial charge is 0.229 e. The molecule has 4 nitrogen and oxygen atoms in total. The summed E-state index contributed by atoms with van der Waals surface area (Å²) in [5.74, 6) is -0.0511. The number of aromatic nitrogens is 1. The molecule has 108 valence electrons. The third-order valence-corrected chi connectivity index (χ3v) is 4.01. The molecule has 0 saturated carbocycles. The summed E-state index contributed by atoms with van der Waals surface area (Å²) in [4.78, 5) is 16.6. The van der Waals surface area contributed by atoms with Gasteiger partial charge < -0.3 is 10.6 Å². The molecule has 2 N–H and O–H groups in total. The van der Waals surface area contributed by atoms with Crippen molar-refractivity contribution in [2.45, 2.75) is 25.9 Å². The van der Waals surface area contributed by atoms with Gasteiger partial charge in [-0.1, -0.05) is 24.3 Å². The largest absolute Gasteiger partial charge is 0.351 e. The monoisotopic (exact) mass is 281 g/mol. The molecule has 1 unspecified atom stereocenters. The van der Waals surface area contributed by atoms with E-state index in [0.717, 1.165) is 23.2 Å². The molecule has 2 heterocycles. The van der Waals surface area contributed by atoms with Crippen molar-refractivity contribution in [1.82, 2.24) is 15.6 Å². The fraction of sp³-hybridized carbons (Fsp3) is 0.294. The zero-order chi connectivity index (χ0) is 14.7. The highest BCUT2D eigenvalue weighted by molar-refractivity contribution is 5.84. The van der Waals surface area contributed by atoms with Gasteiger partial charge in [-0.2, -0.15) is 0 Å². The van der Waals surface area contributed by atoms with Gasteiger partial charge in [0.15, 0.2) is 0 Å². The molecule has 0 bridgehead atoms. The Labute approximate surface area is 124 Å². The number of aryl methyl sites for hydroxylation is 1. The minimum absolute atomic E-state index is 0.0675. The number of nitrogens with zero attached hydrogens (tertiary/aromatic N) is 1. The summed E-state index contributed by atoms with van der Waals surface area (Å²) in [6.45, 7) is 4.08. The fourth-order valence-corrected chi connectivity index (χ4v) is 2.72. The van der Waals surface area contributed by atoms with Crippen LogP contribution in [0.1, 0.15) is 28.2 Å². The van der Waals surface area contributed by atoms with Crippen LogP contribution in [-0.2, 0) is 17.9 Å². The summed E-state index contributed by atoms with van der Waals surface area (Å²) in [5.41, 5.74) is 4.55. The van der Waals surface area contributed by atoms with E-state index in [4.69, 9.17) is 0 Å². The van der Waals surface area contributed by atoms with Gasteiger partial charge in [-0.05, 0) is 35.2 Å². The van der Waals surface area contributed by atoms with Gasteiger partial charge in [0.05, 0.1) is 5.92 Å². The first-order valence-corrected chi connectivity index (χ1v) is 7.21. The Hall–Kier alpha value is -2.20. The van der Waals surface area contributed by atoms with Crippen LogP contribution in [0.3, 0.4) is 0 Å². The minimum atomic E-state index is -0.119. The zero-order valence-electron chi connectivity index (χ0n) is 12.1. The molecule has 1 amide bonds. The number of fused-ring (bicyclic) bond motifs is 1. The molecule has 0 fully saturated rings. The van der Waals surface area contributed by atoms with Crippen LogP contribution < -0.4 is 10.6 Å². The molecule has 1 aliphatic heterocycles. The van der Waals surface area contributed by atoms with E-state index in [1.54, 1.807) is 6.20 Å². The van der Waals surface area contributed by atoms with Crippen molar-refractivity contribution in [3.8, 4) is 0 Å². The highest BCUT2D eigenvalue weighted by atomic mass is 16.1. The summed E-state index contributed by atoms with van der Waals surface area (Å²) in [5, 5.41) is 6.34. The molecule has 1 aromatic heterocycles. The molecule has 4 heteroatoms. The number of benzene rings is 1. The number of pyridine rings is 1. The predicted molar refractivity (Wildman–Crippen MR) is 81.7 cm³/mol. The van der Waals surface area contributed by atoms with Crippen molar-refractivity contribution in [3.05, 3.63) is 65.0 Å². The van der Waals surface area contributed by atoms with Crippen LogP contribution in [0.25, 0.3) is 0 Å². The highest BCUT2D eigenvalue weighted by Crippen LogP contribution is 2.23. The van der Waals surface area contributed by atoms with Crippen LogP contribution >= 0.6 is 0 Å². The lowest BCUT2D eigenvalue weighted by molar-refractivity contribution is -0.122. The first kappa shape index (κ1) is 13.8. The van der Waals surface area contributed by atoms with Gasteiger partial charge in [0.2, 0.25) is 5.91 Å². The van der Waals surface area contributed by atoms with Gasteiger partial charge in [-0.3, -0.25) is 9.78 Å². The van der Waals surface area contributed by atoms with Gasteiger partial charge in [0, 0.05) is 32.0 Å². The molecule has 1 aliphatic rings. The molecule has 0 radical (unpaired) electrons. The first-order valence-electron chi connectivity index (χ1n) is 7.21. The average molecular weight is 281 g/mol. The van der Waals surface area contributed by atoms with E-state index in [2.05, 4.69) is 27.8 Å². The van der Waals surface area contributed by atoms with E-state index in [0.29, 0.717) is 13.1 Å². The predicted octanol–water partition coefficient (Wildman–Crippen LogP) is 1.89. The second-order valence-corrected chi connectivity index (χ2v) is 5.40. The maximum absolute atomic E-state index is 12.5. The molecule has 0 spiro atoms. The van der Waals surface area contributed by atoms with Gasteiger partial charge in [-0.15, -0.1) is 0 Å². The van der Waals surface area contributed by atoms with E-state index < -0.39 is 0 Å². The SMILES string of the molecule is Cc1ccncc1CNC(=O)C1CNCc2ccccc21. The van der Waals surface area contributed by atoms with Gasteiger partial charge in [-0.25, -0.2) is 0 Å².